The lowest BCUT2D eigenvalue weighted by Gasteiger charge is -2.26. The van der Waals surface area contributed by atoms with Crippen molar-refractivity contribution in [1.82, 2.24) is 0 Å². The summed E-state index contributed by atoms with van der Waals surface area (Å²) < 4.78 is 34.1. The number of anilines is 1. The Bertz CT molecular complexity index is 1140. The van der Waals surface area contributed by atoms with Crippen LogP contribution in [0.15, 0.2) is 63.3 Å². The highest BCUT2D eigenvalue weighted by Crippen LogP contribution is 2.37. The number of hydrogen-bond donors (Lipinski definition) is 1. The molecule has 0 atom stereocenters. The zero-order valence-electron chi connectivity index (χ0n) is 15.6. The number of nitrogens with zero attached hydrogens (tertiary/aromatic N) is 1. The van der Waals surface area contributed by atoms with E-state index in [0.29, 0.717) is 16.9 Å². The van der Waals surface area contributed by atoms with Crippen LogP contribution >= 0.6 is 27.3 Å². The summed E-state index contributed by atoms with van der Waals surface area (Å²) in [5, 5.41) is 11.3. The Hall–Kier alpha value is -2.36. The highest BCUT2D eigenvalue weighted by molar-refractivity contribution is 9.10. The molecule has 152 valence electrons. The summed E-state index contributed by atoms with van der Waals surface area (Å²) in [4.78, 5) is 11.8. The molecule has 0 spiro atoms. The number of hydrogen-bond acceptors (Lipinski definition) is 5. The highest BCUT2D eigenvalue weighted by Gasteiger charge is 2.31. The van der Waals surface area contributed by atoms with Gasteiger partial charge in [-0.05, 0) is 53.8 Å². The van der Waals surface area contributed by atoms with Gasteiger partial charge >= 0.3 is 5.97 Å². The monoisotopic (exact) mass is 495 g/mol. The molecule has 6 nitrogen and oxygen atoms in total. The summed E-state index contributed by atoms with van der Waals surface area (Å²) in [6.07, 6.45) is 0. The third-order valence-electron chi connectivity index (χ3n) is 4.31. The summed E-state index contributed by atoms with van der Waals surface area (Å²) in [5.74, 6) is -0.639. The van der Waals surface area contributed by atoms with Gasteiger partial charge in [-0.3, -0.25) is 4.31 Å². The smallest absolute Gasteiger partial charge is 0.348 e. The van der Waals surface area contributed by atoms with Crippen LogP contribution in [-0.2, 0) is 16.6 Å². The van der Waals surface area contributed by atoms with E-state index in [0.717, 1.165) is 20.1 Å². The molecule has 0 aliphatic rings. The zero-order valence-corrected chi connectivity index (χ0v) is 18.8. The van der Waals surface area contributed by atoms with Crippen LogP contribution < -0.4 is 9.04 Å². The molecule has 9 heteroatoms. The van der Waals surface area contributed by atoms with E-state index in [1.807, 2.05) is 12.1 Å². The number of thiophene rings is 1. The van der Waals surface area contributed by atoms with Gasteiger partial charge in [0, 0.05) is 4.47 Å². The zero-order chi connectivity index (χ0) is 21.2. The predicted octanol–water partition coefficient (Wildman–Crippen LogP) is 4.92. The van der Waals surface area contributed by atoms with Crippen molar-refractivity contribution in [2.75, 3.05) is 11.4 Å². The van der Waals surface area contributed by atoms with E-state index in [1.165, 1.54) is 19.2 Å². The van der Waals surface area contributed by atoms with Gasteiger partial charge in [0.1, 0.15) is 10.6 Å². The van der Waals surface area contributed by atoms with Crippen molar-refractivity contribution in [2.24, 2.45) is 0 Å². The van der Waals surface area contributed by atoms with Crippen molar-refractivity contribution in [2.45, 2.75) is 18.4 Å². The molecule has 1 heterocycles. The maximum atomic E-state index is 13.6. The van der Waals surface area contributed by atoms with Gasteiger partial charge in [-0.25, -0.2) is 13.2 Å². The van der Waals surface area contributed by atoms with E-state index >= 15 is 0 Å². The van der Waals surface area contributed by atoms with E-state index in [9.17, 15) is 18.3 Å². The molecule has 0 saturated carbocycles. The fourth-order valence-corrected chi connectivity index (χ4v) is 5.72. The summed E-state index contributed by atoms with van der Waals surface area (Å²) in [6.45, 7) is 1.68. The van der Waals surface area contributed by atoms with Gasteiger partial charge in [-0.1, -0.05) is 34.1 Å². The van der Waals surface area contributed by atoms with Crippen molar-refractivity contribution in [3.8, 4) is 5.75 Å². The van der Waals surface area contributed by atoms with Gasteiger partial charge in [-0.15, -0.1) is 11.3 Å². The second kappa shape index (κ2) is 8.56. The van der Waals surface area contributed by atoms with Crippen molar-refractivity contribution in [3.63, 3.8) is 0 Å². The summed E-state index contributed by atoms with van der Waals surface area (Å²) in [7, 11) is -2.55. The molecule has 0 aliphatic heterocycles. The quantitative estimate of drug-likeness (QED) is 0.502. The van der Waals surface area contributed by atoms with Crippen LogP contribution in [-0.4, -0.2) is 26.6 Å². The average molecular weight is 496 g/mol. The van der Waals surface area contributed by atoms with E-state index in [4.69, 9.17) is 4.74 Å². The Balaban J connectivity index is 2.18. The van der Waals surface area contributed by atoms with E-state index in [-0.39, 0.29) is 22.0 Å². The Morgan fingerprint density at radius 2 is 1.83 bits per heavy atom. The van der Waals surface area contributed by atoms with E-state index < -0.39 is 16.0 Å². The number of carbonyl (C=O) groups is 1. The Morgan fingerprint density at radius 3 is 2.41 bits per heavy atom. The Kier molecular flexibility index (Phi) is 6.30. The second-order valence-corrected chi connectivity index (χ2v) is 9.78. The number of ether oxygens (including phenoxy) is 1. The summed E-state index contributed by atoms with van der Waals surface area (Å²) in [6, 6.07) is 13.2. The topological polar surface area (TPSA) is 83.9 Å². The van der Waals surface area contributed by atoms with Crippen molar-refractivity contribution >= 4 is 48.9 Å². The van der Waals surface area contributed by atoms with E-state index in [2.05, 4.69) is 15.9 Å². The van der Waals surface area contributed by atoms with Gasteiger partial charge in [0.15, 0.2) is 0 Å². The first-order valence-corrected chi connectivity index (χ1v) is 11.6. The van der Waals surface area contributed by atoms with Crippen LogP contribution in [0, 0.1) is 6.92 Å². The number of halogens is 1. The van der Waals surface area contributed by atoms with Crippen molar-refractivity contribution < 1.29 is 23.1 Å². The first-order valence-electron chi connectivity index (χ1n) is 8.47. The SMILES string of the molecule is COc1ccc(S(=O)(=O)N(Cc2ccccc2Br)c2c(C)csc2C(=O)O)cc1. The molecule has 29 heavy (non-hydrogen) atoms. The van der Waals surface area contributed by atoms with Gasteiger partial charge < -0.3 is 9.84 Å². The minimum Gasteiger partial charge on any atom is -0.497 e. The minimum absolute atomic E-state index is 0.0202. The van der Waals surface area contributed by atoms with Gasteiger partial charge in [0.05, 0.1) is 24.2 Å². The van der Waals surface area contributed by atoms with Crippen LogP contribution in [0.25, 0.3) is 0 Å². The lowest BCUT2D eigenvalue weighted by molar-refractivity contribution is 0.0703. The Labute approximate surface area is 181 Å². The van der Waals surface area contributed by atoms with Crippen LogP contribution in [0.5, 0.6) is 5.75 Å². The molecule has 3 rings (SSSR count). The molecular weight excluding hydrogens is 478 g/mol. The molecule has 3 aromatic rings. The lowest BCUT2D eigenvalue weighted by atomic mass is 10.2. The van der Waals surface area contributed by atoms with Crippen molar-refractivity contribution in [3.05, 3.63) is 74.4 Å². The van der Waals surface area contributed by atoms with E-state index in [1.54, 1.807) is 36.6 Å². The van der Waals surface area contributed by atoms with Gasteiger partial charge in [0.2, 0.25) is 0 Å². The summed E-state index contributed by atoms with van der Waals surface area (Å²) in [5.41, 5.74) is 1.47. The first kappa shape index (κ1) is 21.4. The third-order valence-corrected chi connectivity index (χ3v) is 7.91. The molecule has 0 aliphatic carbocycles. The minimum atomic E-state index is -4.04. The maximum Gasteiger partial charge on any atom is 0.348 e. The molecule has 0 radical (unpaired) electrons. The fraction of sp³-hybridized carbons (Fsp3) is 0.150. The highest BCUT2D eigenvalue weighted by atomic mass is 79.9. The first-order chi connectivity index (χ1) is 13.8. The number of carboxylic acid groups (broad SMARTS) is 1. The van der Waals surface area contributed by atoms with Crippen LogP contribution in [0.2, 0.25) is 0 Å². The molecule has 1 N–H and O–H groups in total. The van der Waals surface area contributed by atoms with Gasteiger partial charge in [0.25, 0.3) is 10.0 Å². The maximum absolute atomic E-state index is 13.6. The van der Waals surface area contributed by atoms with Gasteiger partial charge in [-0.2, -0.15) is 0 Å². The lowest BCUT2D eigenvalue weighted by Crippen LogP contribution is -2.32. The number of sulfonamides is 1. The average Bonchev–Trinajstić information content (AvgIpc) is 3.08. The number of benzene rings is 2. The standard InChI is InChI=1S/C20H18BrNO5S2/c1-13-12-28-19(20(23)24)18(13)22(11-14-5-3-4-6-17(14)21)29(25,26)16-9-7-15(27-2)8-10-16/h3-10,12H,11H2,1-2H3,(H,23,24). The molecule has 0 bridgehead atoms. The molecule has 1 aromatic heterocycles. The molecule has 0 unspecified atom stereocenters. The predicted molar refractivity (Wildman–Crippen MR) is 117 cm³/mol. The number of carboxylic acids is 1. The van der Waals surface area contributed by atoms with Crippen molar-refractivity contribution in [1.29, 1.82) is 0 Å². The molecule has 2 aromatic carbocycles. The fourth-order valence-electron chi connectivity index (χ4n) is 2.84. The van der Waals surface area contributed by atoms with Crippen LogP contribution in [0.4, 0.5) is 5.69 Å². The molecule has 0 saturated heterocycles. The number of methoxy groups -OCH3 is 1. The number of rotatable bonds is 7. The molecule has 0 amide bonds. The third kappa shape index (κ3) is 4.31. The Morgan fingerprint density at radius 1 is 1.17 bits per heavy atom. The van der Waals surface area contributed by atoms with Crippen LogP contribution in [0.1, 0.15) is 20.8 Å². The second-order valence-electron chi connectivity index (χ2n) is 6.18. The van der Waals surface area contributed by atoms with Crippen LogP contribution in [0.3, 0.4) is 0 Å². The normalized spacial score (nSPS) is 11.3. The number of aryl methyl sites for hydroxylation is 1. The molecule has 0 fully saturated rings. The summed E-state index contributed by atoms with van der Waals surface area (Å²) >= 11 is 4.45. The molecular formula is C20H18BrNO5S2. The number of aromatic carboxylic acids is 1. The largest absolute Gasteiger partial charge is 0.497 e.